The molecule has 2 heterocycles. The van der Waals surface area contributed by atoms with Crippen LogP contribution in [0.5, 0.6) is 11.5 Å². The molecule has 0 spiro atoms. The second-order valence-electron chi connectivity index (χ2n) is 5.78. The van der Waals surface area contributed by atoms with Gasteiger partial charge in [-0.15, -0.1) is 11.3 Å². The lowest BCUT2D eigenvalue weighted by molar-refractivity contribution is 0.0949. The summed E-state index contributed by atoms with van der Waals surface area (Å²) in [5.41, 5.74) is 0.504. The molecule has 2 aromatic carbocycles. The van der Waals surface area contributed by atoms with Gasteiger partial charge < -0.3 is 10.1 Å². The number of hydrogen-bond acceptors (Lipinski definition) is 5. The summed E-state index contributed by atoms with van der Waals surface area (Å²) >= 11 is 1.34. The molecule has 0 radical (unpaired) electrons. The van der Waals surface area contributed by atoms with Crippen molar-refractivity contribution < 1.29 is 9.53 Å². The highest BCUT2D eigenvalue weighted by molar-refractivity contribution is 7.15. The van der Waals surface area contributed by atoms with Crippen molar-refractivity contribution in [1.29, 1.82) is 0 Å². The van der Waals surface area contributed by atoms with Crippen molar-refractivity contribution in [3.8, 4) is 11.5 Å². The molecular formula is C20H15N3O3S. The van der Waals surface area contributed by atoms with Gasteiger partial charge in [-0.2, -0.15) is 0 Å². The highest BCUT2D eigenvalue weighted by atomic mass is 32.1. The van der Waals surface area contributed by atoms with E-state index in [0.29, 0.717) is 10.7 Å². The van der Waals surface area contributed by atoms with Crippen LogP contribution < -0.4 is 15.6 Å². The first-order valence-corrected chi connectivity index (χ1v) is 9.13. The minimum absolute atomic E-state index is 0.0163. The van der Waals surface area contributed by atoms with E-state index in [4.69, 9.17) is 4.74 Å². The Hall–Kier alpha value is -3.45. The summed E-state index contributed by atoms with van der Waals surface area (Å²) in [7, 11) is 0. The van der Waals surface area contributed by atoms with E-state index in [1.165, 1.54) is 21.9 Å². The zero-order valence-electron chi connectivity index (χ0n) is 14.2. The van der Waals surface area contributed by atoms with Gasteiger partial charge in [0.15, 0.2) is 4.96 Å². The summed E-state index contributed by atoms with van der Waals surface area (Å²) in [4.78, 5) is 29.4. The van der Waals surface area contributed by atoms with Crippen molar-refractivity contribution in [2.24, 2.45) is 0 Å². The van der Waals surface area contributed by atoms with E-state index in [1.807, 2.05) is 54.6 Å². The highest BCUT2D eigenvalue weighted by Gasteiger charge is 2.13. The highest BCUT2D eigenvalue weighted by Crippen LogP contribution is 2.21. The van der Waals surface area contributed by atoms with Gasteiger partial charge in [0, 0.05) is 24.3 Å². The van der Waals surface area contributed by atoms with Gasteiger partial charge in [0.2, 0.25) is 0 Å². The molecule has 0 fully saturated rings. The van der Waals surface area contributed by atoms with Crippen LogP contribution in [-0.4, -0.2) is 15.3 Å². The molecule has 6 nitrogen and oxygen atoms in total. The number of thiazole rings is 1. The molecule has 0 bridgehead atoms. The third kappa shape index (κ3) is 3.73. The number of nitrogens with one attached hydrogen (secondary N) is 1. The Morgan fingerprint density at radius 1 is 1.11 bits per heavy atom. The molecule has 134 valence electrons. The summed E-state index contributed by atoms with van der Waals surface area (Å²) in [5.74, 6) is 0.957. The minimum atomic E-state index is -0.456. The van der Waals surface area contributed by atoms with Crippen molar-refractivity contribution in [2.75, 3.05) is 0 Å². The van der Waals surface area contributed by atoms with Crippen LogP contribution in [0.2, 0.25) is 0 Å². The number of para-hydroxylation sites is 1. The van der Waals surface area contributed by atoms with Crippen molar-refractivity contribution in [2.45, 2.75) is 6.54 Å². The first-order valence-electron chi connectivity index (χ1n) is 8.25. The van der Waals surface area contributed by atoms with Gasteiger partial charge >= 0.3 is 0 Å². The third-order valence-corrected chi connectivity index (χ3v) is 4.69. The first-order chi connectivity index (χ1) is 13.2. The molecule has 7 heteroatoms. The second kappa shape index (κ2) is 7.43. The number of benzene rings is 2. The molecule has 1 amide bonds. The van der Waals surface area contributed by atoms with Gasteiger partial charge in [-0.3, -0.25) is 14.0 Å². The summed E-state index contributed by atoms with van der Waals surface area (Å²) in [6.07, 6.45) is 2.93. The number of carbonyl (C=O) groups excluding carboxylic acids is 1. The maximum atomic E-state index is 12.4. The van der Waals surface area contributed by atoms with Crippen LogP contribution in [0.25, 0.3) is 4.96 Å². The number of fused-ring (bicyclic) bond motifs is 1. The lowest BCUT2D eigenvalue weighted by Gasteiger charge is -2.09. The predicted octanol–water partition coefficient (Wildman–Crippen LogP) is 3.48. The van der Waals surface area contributed by atoms with Crippen LogP contribution in [0.15, 0.2) is 77.2 Å². The van der Waals surface area contributed by atoms with Crippen LogP contribution in [0.3, 0.4) is 0 Å². The molecule has 4 rings (SSSR count). The number of amides is 1. The fraction of sp³-hybridized carbons (Fsp3) is 0.0500. The van der Waals surface area contributed by atoms with Crippen molar-refractivity contribution in [3.63, 3.8) is 0 Å². The summed E-state index contributed by atoms with van der Waals surface area (Å²) in [5, 5.41) is 4.51. The molecule has 0 aliphatic rings. The van der Waals surface area contributed by atoms with Gasteiger partial charge in [0.1, 0.15) is 17.1 Å². The van der Waals surface area contributed by atoms with Crippen molar-refractivity contribution in [1.82, 2.24) is 14.7 Å². The van der Waals surface area contributed by atoms with Crippen LogP contribution in [0.4, 0.5) is 0 Å². The van der Waals surface area contributed by atoms with E-state index >= 15 is 0 Å². The Kier molecular flexibility index (Phi) is 4.67. The number of ether oxygens (including phenoxy) is 1. The quantitative estimate of drug-likeness (QED) is 0.578. The van der Waals surface area contributed by atoms with Gasteiger partial charge in [0.05, 0.1) is 0 Å². The molecule has 0 aliphatic carbocycles. The smallest absolute Gasteiger partial charge is 0.271 e. The Balaban J connectivity index is 1.46. The van der Waals surface area contributed by atoms with Crippen LogP contribution in [0.1, 0.15) is 15.9 Å². The Bertz CT molecular complexity index is 1150. The van der Waals surface area contributed by atoms with Crippen molar-refractivity contribution in [3.05, 3.63) is 93.9 Å². The molecule has 1 N–H and O–H groups in total. The first kappa shape index (κ1) is 17.0. The zero-order chi connectivity index (χ0) is 18.6. The maximum absolute atomic E-state index is 12.4. The topological polar surface area (TPSA) is 72.7 Å². The van der Waals surface area contributed by atoms with E-state index in [-0.39, 0.29) is 17.7 Å². The molecule has 0 saturated heterocycles. The SMILES string of the molecule is O=C(NCc1cccc(Oc2ccccc2)c1)c1cnc2sccn2c1=O. The predicted molar refractivity (Wildman–Crippen MR) is 103 cm³/mol. The monoisotopic (exact) mass is 377 g/mol. The maximum Gasteiger partial charge on any atom is 0.271 e. The molecule has 0 aliphatic heterocycles. The van der Waals surface area contributed by atoms with Crippen molar-refractivity contribution >= 4 is 22.2 Å². The number of carbonyl (C=O) groups is 1. The molecule has 0 saturated carbocycles. The van der Waals surface area contributed by atoms with Gasteiger partial charge in [-0.25, -0.2) is 4.98 Å². The summed E-state index contributed by atoms with van der Waals surface area (Å²) in [6, 6.07) is 16.9. The number of nitrogens with zero attached hydrogens (tertiary/aromatic N) is 2. The molecule has 0 atom stereocenters. The minimum Gasteiger partial charge on any atom is -0.457 e. The summed E-state index contributed by atoms with van der Waals surface area (Å²) < 4.78 is 7.16. The summed E-state index contributed by atoms with van der Waals surface area (Å²) in [6.45, 7) is 0.274. The number of rotatable bonds is 5. The molecule has 2 aromatic heterocycles. The molecule has 27 heavy (non-hydrogen) atoms. The van der Waals surface area contributed by atoms with E-state index in [2.05, 4.69) is 10.3 Å². The third-order valence-electron chi connectivity index (χ3n) is 3.92. The van der Waals surface area contributed by atoms with Crippen LogP contribution in [-0.2, 0) is 6.54 Å². The lowest BCUT2D eigenvalue weighted by Crippen LogP contribution is -2.30. The second-order valence-corrected chi connectivity index (χ2v) is 6.65. The molecular weight excluding hydrogens is 362 g/mol. The Labute approximate surface area is 158 Å². The van der Waals surface area contributed by atoms with Gasteiger partial charge in [-0.05, 0) is 29.8 Å². The molecule has 4 aromatic rings. The van der Waals surface area contributed by atoms with Crippen LogP contribution in [0, 0.1) is 0 Å². The lowest BCUT2D eigenvalue weighted by atomic mass is 10.2. The van der Waals surface area contributed by atoms with Gasteiger partial charge in [-0.1, -0.05) is 30.3 Å². The average Bonchev–Trinajstić information content (AvgIpc) is 3.17. The van der Waals surface area contributed by atoms with Gasteiger partial charge in [0.25, 0.3) is 11.5 Å². The normalized spacial score (nSPS) is 10.7. The largest absolute Gasteiger partial charge is 0.457 e. The van der Waals surface area contributed by atoms with E-state index in [1.54, 1.807) is 11.6 Å². The van der Waals surface area contributed by atoms with E-state index in [0.717, 1.165) is 11.3 Å². The van der Waals surface area contributed by atoms with Crippen LogP contribution >= 0.6 is 11.3 Å². The fourth-order valence-electron chi connectivity index (χ4n) is 2.60. The Morgan fingerprint density at radius 2 is 1.93 bits per heavy atom. The number of hydrogen-bond donors (Lipinski definition) is 1. The average molecular weight is 377 g/mol. The van der Waals surface area contributed by atoms with E-state index < -0.39 is 5.91 Å². The standard InChI is InChI=1S/C20H15N3O3S/c24-18(17-13-22-20-23(19(17)25)9-10-27-20)21-12-14-5-4-8-16(11-14)26-15-6-2-1-3-7-15/h1-11,13H,12H2,(H,21,24). The van der Waals surface area contributed by atoms with E-state index in [9.17, 15) is 9.59 Å². The zero-order valence-corrected chi connectivity index (χ0v) is 15.0. The Morgan fingerprint density at radius 3 is 2.78 bits per heavy atom. The number of aromatic nitrogens is 2. The fourth-order valence-corrected chi connectivity index (χ4v) is 3.28. The molecule has 0 unspecified atom stereocenters.